The van der Waals surface area contributed by atoms with Crippen LogP contribution in [0.1, 0.15) is 27.2 Å². The van der Waals surface area contributed by atoms with Crippen LogP contribution in [-0.2, 0) is 4.52 Å². The third kappa shape index (κ3) is 4.18. The Morgan fingerprint density at radius 2 is 1.90 bits per heavy atom. The summed E-state index contributed by atoms with van der Waals surface area (Å²) in [4.78, 5) is 17.0. The molecule has 0 heterocycles. The third-order valence-electron chi connectivity index (χ3n) is 1.38. The summed E-state index contributed by atoms with van der Waals surface area (Å²) >= 11 is 0. The lowest BCUT2D eigenvalue weighted by Crippen LogP contribution is -2.15. The van der Waals surface area contributed by atoms with Crippen molar-refractivity contribution in [2.45, 2.75) is 33.3 Å². The second-order valence-electron chi connectivity index (χ2n) is 2.55. The lowest BCUT2D eigenvalue weighted by atomic mass is 10.1. The van der Waals surface area contributed by atoms with E-state index in [2.05, 4.69) is 0 Å². The van der Waals surface area contributed by atoms with Gasteiger partial charge in [0.05, 0.1) is 6.10 Å². The summed E-state index contributed by atoms with van der Waals surface area (Å²) in [5.41, 5.74) is 0. The molecule has 0 fully saturated rings. The van der Waals surface area contributed by atoms with Gasteiger partial charge in [-0.3, -0.25) is 0 Å². The smallest absolute Gasteiger partial charge is 0.327 e. The average Bonchev–Trinajstić information content (AvgIpc) is 1.81. The highest BCUT2D eigenvalue weighted by Gasteiger charge is 2.15. The fraction of sp³-hybridized carbons (Fsp3) is 1.00. The predicted octanol–water partition coefficient (Wildman–Crippen LogP) is 1.65. The van der Waals surface area contributed by atoms with Crippen LogP contribution >= 0.6 is 8.60 Å². The van der Waals surface area contributed by atoms with E-state index in [1.807, 2.05) is 20.8 Å². The van der Waals surface area contributed by atoms with Crippen molar-refractivity contribution in [3.8, 4) is 0 Å². The second kappa shape index (κ2) is 5.03. The molecule has 0 aliphatic heterocycles. The summed E-state index contributed by atoms with van der Waals surface area (Å²) in [6, 6.07) is 0. The quantitative estimate of drug-likeness (QED) is 0.624. The lowest BCUT2D eigenvalue weighted by molar-refractivity contribution is 0.125. The maximum atomic E-state index is 8.50. The fourth-order valence-electron chi connectivity index (χ4n) is 0.789. The summed E-state index contributed by atoms with van der Waals surface area (Å²) in [6.45, 7) is 5.95. The first-order valence-corrected chi connectivity index (χ1v) is 4.59. The van der Waals surface area contributed by atoms with Gasteiger partial charge in [-0.1, -0.05) is 20.8 Å². The van der Waals surface area contributed by atoms with Gasteiger partial charge in [0.15, 0.2) is 0 Å². The van der Waals surface area contributed by atoms with Crippen LogP contribution in [0.15, 0.2) is 0 Å². The van der Waals surface area contributed by atoms with Gasteiger partial charge in [-0.2, -0.15) is 0 Å². The first kappa shape index (κ1) is 10.3. The summed E-state index contributed by atoms with van der Waals surface area (Å²) in [7, 11) is -2.18. The van der Waals surface area contributed by atoms with E-state index in [0.717, 1.165) is 6.42 Å². The standard InChI is InChI=1S/C6H15O3P/c1-4-6(5(2)3)9-10(7)8/h5-8H,4H2,1-3H3. The molecule has 4 heteroatoms. The zero-order valence-electron chi connectivity index (χ0n) is 6.61. The molecule has 0 saturated carbocycles. The Kier molecular flexibility index (Phi) is 5.18. The van der Waals surface area contributed by atoms with Crippen molar-refractivity contribution >= 4 is 8.60 Å². The van der Waals surface area contributed by atoms with Crippen molar-refractivity contribution < 1.29 is 14.3 Å². The molecular formula is C6H15O3P. The first-order chi connectivity index (χ1) is 4.57. The van der Waals surface area contributed by atoms with Crippen molar-refractivity contribution in [3.63, 3.8) is 0 Å². The zero-order chi connectivity index (χ0) is 8.15. The van der Waals surface area contributed by atoms with Gasteiger partial charge in [0.1, 0.15) is 0 Å². The minimum Gasteiger partial charge on any atom is -0.328 e. The molecule has 0 radical (unpaired) electrons. The van der Waals surface area contributed by atoms with Crippen LogP contribution < -0.4 is 0 Å². The molecule has 10 heavy (non-hydrogen) atoms. The highest BCUT2D eigenvalue weighted by atomic mass is 31.2. The van der Waals surface area contributed by atoms with Crippen molar-refractivity contribution in [1.82, 2.24) is 0 Å². The van der Waals surface area contributed by atoms with Gasteiger partial charge in [-0.25, -0.2) is 0 Å². The first-order valence-electron chi connectivity index (χ1n) is 3.42. The summed E-state index contributed by atoms with van der Waals surface area (Å²) in [5, 5.41) is 0. The molecule has 0 amide bonds. The highest BCUT2D eigenvalue weighted by Crippen LogP contribution is 2.30. The van der Waals surface area contributed by atoms with Gasteiger partial charge in [-0.15, -0.1) is 0 Å². The van der Waals surface area contributed by atoms with Gasteiger partial charge in [0.2, 0.25) is 0 Å². The normalized spacial score (nSPS) is 14.7. The van der Waals surface area contributed by atoms with E-state index in [1.54, 1.807) is 0 Å². The Bertz CT molecular complexity index is 85.1. The van der Waals surface area contributed by atoms with Crippen molar-refractivity contribution in [2.24, 2.45) is 5.92 Å². The highest BCUT2D eigenvalue weighted by molar-refractivity contribution is 7.39. The SMILES string of the molecule is CCC(OP(O)O)C(C)C. The van der Waals surface area contributed by atoms with E-state index < -0.39 is 8.60 Å². The molecule has 0 rings (SSSR count). The van der Waals surface area contributed by atoms with Crippen LogP contribution in [-0.4, -0.2) is 15.9 Å². The van der Waals surface area contributed by atoms with E-state index in [1.165, 1.54) is 0 Å². The predicted molar refractivity (Wildman–Crippen MR) is 41.4 cm³/mol. The van der Waals surface area contributed by atoms with Crippen molar-refractivity contribution in [1.29, 1.82) is 0 Å². The minimum absolute atomic E-state index is 0.0267. The maximum Gasteiger partial charge on any atom is 0.327 e. The monoisotopic (exact) mass is 166 g/mol. The Morgan fingerprint density at radius 1 is 1.40 bits per heavy atom. The van der Waals surface area contributed by atoms with Gasteiger partial charge in [0.25, 0.3) is 0 Å². The molecular weight excluding hydrogens is 151 g/mol. The molecule has 0 saturated heterocycles. The van der Waals surface area contributed by atoms with E-state index in [-0.39, 0.29) is 6.10 Å². The molecule has 0 aliphatic rings. The Labute approximate surface area is 63.0 Å². The van der Waals surface area contributed by atoms with Crippen molar-refractivity contribution in [3.05, 3.63) is 0 Å². The van der Waals surface area contributed by atoms with Crippen LogP contribution in [0, 0.1) is 5.92 Å². The molecule has 1 unspecified atom stereocenters. The third-order valence-corrected chi connectivity index (χ3v) is 1.83. The molecule has 1 atom stereocenters. The molecule has 62 valence electrons. The largest absolute Gasteiger partial charge is 0.328 e. The number of hydrogen-bond donors (Lipinski definition) is 2. The zero-order valence-corrected chi connectivity index (χ0v) is 7.51. The molecule has 2 N–H and O–H groups in total. The molecule has 0 aromatic rings. The van der Waals surface area contributed by atoms with Gasteiger partial charge in [0, 0.05) is 0 Å². The molecule has 0 aromatic heterocycles. The summed E-state index contributed by atoms with van der Waals surface area (Å²) < 4.78 is 4.84. The topological polar surface area (TPSA) is 49.7 Å². The minimum atomic E-state index is -2.18. The van der Waals surface area contributed by atoms with Gasteiger partial charge >= 0.3 is 8.60 Å². The Morgan fingerprint density at radius 3 is 2.00 bits per heavy atom. The van der Waals surface area contributed by atoms with Crippen molar-refractivity contribution in [2.75, 3.05) is 0 Å². The summed E-state index contributed by atoms with van der Waals surface area (Å²) in [6.07, 6.45) is 0.790. The molecule has 0 bridgehead atoms. The molecule has 0 aliphatic carbocycles. The Hall–Kier alpha value is 0.310. The number of rotatable bonds is 4. The fourth-order valence-corrected chi connectivity index (χ4v) is 1.42. The van der Waals surface area contributed by atoms with Gasteiger partial charge < -0.3 is 14.3 Å². The van der Waals surface area contributed by atoms with Crippen LogP contribution in [0.5, 0.6) is 0 Å². The van der Waals surface area contributed by atoms with E-state index >= 15 is 0 Å². The molecule has 0 aromatic carbocycles. The van der Waals surface area contributed by atoms with E-state index in [0.29, 0.717) is 5.92 Å². The van der Waals surface area contributed by atoms with E-state index in [4.69, 9.17) is 14.3 Å². The van der Waals surface area contributed by atoms with Crippen LogP contribution in [0.4, 0.5) is 0 Å². The van der Waals surface area contributed by atoms with E-state index in [9.17, 15) is 0 Å². The average molecular weight is 166 g/mol. The molecule has 3 nitrogen and oxygen atoms in total. The van der Waals surface area contributed by atoms with Gasteiger partial charge in [-0.05, 0) is 12.3 Å². The van der Waals surface area contributed by atoms with Crippen LogP contribution in [0.25, 0.3) is 0 Å². The second-order valence-corrected chi connectivity index (χ2v) is 3.27. The molecule has 0 spiro atoms. The Balaban J connectivity index is 3.60. The maximum absolute atomic E-state index is 8.50. The van der Waals surface area contributed by atoms with Crippen LogP contribution in [0.2, 0.25) is 0 Å². The summed E-state index contributed by atoms with van der Waals surface area (Å²) in [5.74, 6) is 0.342. The lowest BCUT2D eigenvalue weighted by Gasteiger charge is -2.19. The number of hydrogen-bond acceptors (Lipinski definition) is 3. The van der Waals surface area contributed by atoms with Crippen LogP contribution in [0.3, 0.4) is 0 Å².